The van der Waals surface area contributed by atoms with E-state index in [9.17, 15) is 4.79 Å². The Hall–Kier alpha value is -2.83. The van der Waals surface area contributed by atoms with E-state index < -0.39 is 0 Å². The molecular formula is C17H20N4O3. The summed E-state index contributed by atoms with van der Waals surface area (Å²) in [5, 5.41) is 2.94. The van der Waals surface area contributed by atoms with E-state index in [0.29, 0.717) is 24.8 Å². The molecule has 1 aliphatic heterocycles. The quantitative estimate of drug-likeness (QED) is 0.933. The Morgan fingerprint density at radius 1 is 1.25 bits per heavy atom. The van der Waals surface area contributed by atoms with Gasteiger partial charge in [-0.15, -0.1) is 0 Å². The minimum atomic E-state index is -0.127. The fourth-order valence-corrected chi connectivity index (χ4v) is 2.61. The third-order valence-corrected chi connectivity index (χ3v) is 3.92. The van der Waals surface area contributed by atoms with Gasteiger partial charge in [-0.3, -0.25) is 0 Å². The van der Waals surface area contributed by atoms with Gasteiger partial charge in [0.2, 0.25) is 0 Å². The molecule has 1 aromatic heterocycles. The van der Waals surface area contributed by atoms with Crippen molar-refractivity contribution in [3.63, 3.8) is 0 Å². The monoisotopic (exact) mass is 328 g/mol. The van der Waals surface area contributed by atoms with Gasteiger partial charge in [-0.25, -0.2) is 14.8 Å². The molecule has 24 heavy (non-hydrogen) atoms. The second kappa shape index (κ2) is 7.16. The first-order valence-corrected chi connectivity index (χ1v) is 7.80. The summed E-state index contributed by atoms with van der Waals surface area (Å²) < 4.78 is 11.0. The van der Waals surface area contributed by atoms with Gasteiger partial charge in [0.05, 0.1) is 13.7 Å². The zero-order valence-corrected chi connectivity index (χ0v) is 13.7. The molecule has 2 amide bonds. The largest absolute Gasteiger partial charge is 0.477 e. The maximum absolute atomic E-state index is 12.4. The topological polar surface area (TPSA) is 76.6 Å². The van der Waals surface area contributed by atoms with Gasteiger partial charge in [0.25, 0.3) is 11.8 Å². The number of nitrogens with one attached hydrogen (secondary N) is 1. The minimum Gasteiger partial charge on any atom is -0.477 e. The fourth-order valence-electron chi connectivity index (χ4n) is 2.61. The summed E-state index contributed by atoms with van der Waals surface area (Å²) in [4.78, 5) is 22.3. The smallest absolute Gasteiger partial charge is 0.321 e. The van der Waals surface area contributed by atoms with Gasteiger partial charge in [-0.05, 0) is 18.6 Å². The number of hydrogen-bond donors (Lipinski definition) is 1. The van der Waals surface area contributed by atoms with Crippen LogP contribution in [0.25, 0.3) is 0 Å². The highest BCUT2D eigenvalue weighted by atomic mass is 16.5. The predicted octanol–water partition coefficient (Wildman–Crippen LogP) is 2.48. The van der Waals surface area contributed by atoms with Crippen LogP contribution in [0, 0.1) is 6.92 Å². The number of hydrogen-bond acceptors (Lipinski definition) is 5. The van der Waals surface area contributed by atoms with Gasteiger partial charge in [0, 0.05) is 31.0 Å². The molecule has 0 spiro atoms. The number of aryl methyl sites for hydroxylation is 1. The Labute approximate surface area is 140 Å². The number of nitrogens with zero attached hydrogens (tertiary/aromatic N) is 3. The lowest BCUT2D eigenvalue weighted by molar-refractivity contribution is 0.182. The molecule has 0 saturated carbocycles. The lowest BCUT2D eigenvalue weighted by Gasteiger charge is -2.18. The van der Waals surface area contributed by atoms with Crippen molar-refractivity contribution in [1.82, 2.24) is 14.9 Å². The first-order valence-electron chi connectivity index (χ1n) is 7.80. The van der Waals surface area contributed by atoms with Gasteiger partial charge in [-0.2, -0.15) is 0 Å². The molecule has 0 radical (unpaired) electrons. The van der Waals surface area contributed by atoms with Crippen LogP contribution in [0.3, 0.4) is 0 Å². The van der Waals surface area contributed by atoms with Crippen LogP contribution in [-0.4, -0.2) is 47.2 Å². The molecule has 1 saturated heterocycles. The Morgan fingerprint density at radius 2 is 2.00 bits per heavy atom. The van der Waals surface area contributed by atoms with Crippen LogP contribution in [0.1, 0.15) is 12.0 Å². The van der Waals surface area contributed by atoms with E-state index in [4.69, 9.17) is 9.47 Å². The molecule has 126 valence electrons. The normalized spacial score (nSPS) is 16.8. The van der Waals surface area contributed by atoms with Gasteiger partial charge >= 0.3 is 6.03 Å². The van der Waals surface area contributed by atoms with E-state index in [1.165, 1.54) is 7.11 Å². The van der Waals surface area contributed by atoms with Crippen LogP contribution in [-0.2, 0) is 0 Å². The summed E-state index contributed by atoms with van der Waals surface area (Å²) in [5.74, 6) is 0.700. The van der Waals surface area contributed by atoms with E-state index in [-0.39, 0.29) is 12.1 Å². The van der Waals surface area contributed by atoms with E-state index in [2.05, 4.69) is 15.3 Å². The summed E-state index contributed by atoms with van der Waals surface area (Å²) >= 11 is 0. The molecule has 3 rings (SSSR count). The highest BCUT2D eigenvalue weighted by Crippen LogP contribution is 2.24. The maximum atomic E-state index is 12.4. The second-order valence-electron chi connectivity index (χ2n) is 5.59. The molecule has 7 heteroatoms. The summed E-state index contributed by atoms with van der Waals surface area (Å²) in [6, 6.07) is 7.58. The summed E-state index contributed by atoms with van der Waals surface area (Å²) in [6.07, 6.45) is 3.71. The van der Waals surface area contributed by atoms with E-state index in [0.717, 1.165) is 17.7 Å². The predicted molar refractivity (Wildman–Crippen MR) is 89.4 cm³/mol. The number of urea groups is 1. The Bertz CT molecular complexity index is 722. The van der Waals surface area contributed by atoms with E-state index in [1.807, 2.05) is 31.2 Å². The highest BCUT2D eigenvalue weighted by Gasteiger charge is 2.29. The molecule has 1 unspecified atom stereocenters. The third-order valence-electron chi connectivity index (χ3n) is 3.92. The average molecular weight is 328 g/mol. The average Bonchev–Trinajstić information content (AvgIpc) is 3.06. The number of amides is 2. The van der Waals surface area contributed by atoms with Crippen molar-refractivity contribution in [3.8, 4) is 11.8 Å². The van der Waals surface area contributed by atoms with Gasteiger partial charge < -0.3 is 19.7 Å². The van der Waals surface area contributed by atoms with Crippen LogP contribution >= 0.6 is 0 Å². The van der Waals surface area contributed by atoms with Crippen molar-refractivity contribution >= 4 is 11.7 Å². The van der Waals surface area contributed by atoms with Crippen LogP contribution in [0.5, 0.6) is 11.8 Å². The molecule has 1 N–H and O–H groups in total. The summed E-state index contributed by atoms with van der Waals surface area (Å²) in [7, 11) is 1.52. The first kappa shape index (κ1) is 16.0. The first-order chi connectivity index (χ1) is 11.7. The number of carbonyl (C=O) groups is 1. The lowest BCUT2D eigenvalue weighted by atomic mass is 10.2. The number of aromatic nitrogens is 2. The van der Waals surface area contributed by atoms with Crippen LogP contribution in [0.15, 0.2) is 36.7 Å². The molecule has 0 aliphatic carbocycles. The molecule has 2 aromatic rings. The van der Waals surface area contributed by atoms with Crippen molar-refractivity contribution < 1.29 is 14.3 Å². The highest BCUT2D eigenvalue weighted by molar-refractivity contribution is 5.90. The molecule has 0 bridgehead atoms. The maximum Gasteiger partial charge on any atom is 0.321 e. The van der Waals surface area contributed by atoms with Crippen LogP contribution in [0.2, 0.25) is 0 Å². The van der Waals surface area contributed by atoms with Gasteiger partial charge in [0.1, 0.15) is 6.10 Å². The molecule has 1 aromatic carbocycles. The Kier molecular flexibility index (Phi) is 4.79. The number of methoxy groups -OCH3 is 1. The SMILES string of the molecule is COc1nccnc1OC1CCN(C(=O)Nc2ccccc2C)C1. The number of anilines is 1. The van der Waals surface area contributed by atoms with Crippen molar-refractivity contribution in [3.05, 3.63) is 42.2 Å². The van der Waals surface area contributed by atoms with Crippen LogP contribution in [0.4, 0.5) is 10.5 Å². The van der Waals surface area contributed by atoms with Crippen molar-refractivity contribution in [2.45, 2.75) is 19.4 Å². The second-order valence-corrected chi connectivity index (χ2v) is 5.59. The lowest BCUT2D eigenvalue weighted by Crippen LogP contribution is -2.34. The standard InChI is InChI=1S/C17H20N4O3/c1-12-5-3-4-6-14(12)20-17(22)21-10-7-13(11-21)24-16-15(23-2)18-8-9-19-16/h3-6,8-9,13H,7,10-11H2,1-2H3,(H,20,22). The number of ether oxygens (including phenoxy) is 2. The minimum absolute atomic E-state index is 0.124. The molecule has 1 fully saturated rings. The van der Waals surface area contributed by atoms with Crippen LogP contribution < -0.4 is 14.8 Å². The Balaban J connectivity index is 1.59. The molecule has 1 atom stereocenters. The molecule has 1 aliphatic rings. The number of rotatable bonds is 4. The number of benzene rings is 1. The van der Waals surface area contributed by atoms with E-state index in [1.54, 1.807) is 17.3 Å². The van der Waals surface area contributed by atoms with Crippen molar-refractivity contribution in [2.24, 2.45) is 0 Å². The fraction of sp³-hybridized carbons (Fsp3) is 0.353. The Morgan fingerprint density at radius 3 is 2.75 bits per heavy atom. The number of carbonyl (C=O) groups excluding carboxylic acids is 1. The van der Waals surface area contributed by atoms with Gasteiger partial charge in [0.15, 0.2) is 0 Å². The van der Waals surface area contributed by atoms with Crippen molar-refractivity contribution in [1.29, 1.82) is 0 Å². The third kappa shape index (κ3) is 3.56. The van der Waals surface area contributed by atoms with Crippen molar-refractivity contribution in [2.75, 3.05) is 25.5 Å². The number of para-hydroxylation sites is 1. The molecular weight excluding hydrogens is 308 g/mol. The number of likely N-dealkylation sites (tertiary alicyclic amines) is 1. The van der Waals surface area contributed by atoms with Gasteiger partial charge in [-0.1, -0.05) is 18.2 Å². The van der Waals surface area contributed by atoms with E-state index >= 15 is 0 Å². The molecule has 2 heterocycles. The zero-order chi connectivity index (χ0) is 16.9. The summed E-state index contributed by atoms with van der Waals surface area (Å²) in [6.45, 7) is 3.09. The summed E-state index contributed by atoms with van der Waals surface area (Å²) in [5.41, 5.74) is 1.85. The molecule has 7 nitrogen and oxygen atoms in total. The zero-order valence-electron chi connectivity index (χ0n) is 13.7.